The van der Waals surface area contributed by atoms with Gasteiger partial charge in [0.25, 0.3) is 0 Å². The van der Waals surface area contributed by atoms with Gasteiger partial charge < -0.3 is 6.53 Å². The second kappa shape index (κ2) is 10.3. The van der Waals surface area contributed by atoms with E-state index >= 15 is 0 Å². The molecule has 0 aromatic rings. The predicted molar refractivity (Wildman–Crippen MR) is 31.3 cm³/mol. The van der Waals surface area contributed by atoms with Crippen molar-refractivity contribution in [2.45, 2.75) is 12.8 Å². The van der Waals surface area contributed by atoms with Crippen LogP contribution in [0.2, 0.25) is 0 Å². The summed E-state index contributed by atoms with van der Waals surface area (Å²) in [5, 5.41) is 8.16. The first kappa shape index (κ1) is 11.2. The van der Waals surface area contributed by atoms with Crippen LogP contribution in [-0.4, -0.2) is 17.5 Å². The summed E-state index contributed by atoms with van der Waals surface area (Å²) < 4.78 is 0. The fraction of sp³-hybridized carbons (Fsp3) is 1.00. The third kappa shape index (κ3) is 11.1. The summed E-state index contributed by atoms with van der Waals surface area (Å²) in [6.45, 7) is 0.306. The van der Waals surface area contributed by atoms with Crippen LogP contribution in [-0.2, 0) is 0 Å². The van der Waals surface area contributed by atoms with Crippen LogP contribution in [0.15, 0.2) is 0 Å². The smallest absolute Gasteiger partial charge is 1.00 e. The van der Waals surface area contributed by atoms with E-state index in [-0.39, 0.29) is 31.0 Å². The van der Waals surface area contributed by atoms with Crippen molar-refractivity contribution in [2.75, 3.05) is 12.4 Å². The molecule has 0 unspecified atom stereocenters. The molecule has 3 heteroatoms. The van der Waals surface area contributed by atoms with Gasteiger partial charge in [0.2, 0.25) is 0 Å². The topological polar surface area (TPSA) is 20.2 Å². The van der Waals surface area contributed by atoms with Gasteiger partial charge in [-0.15, -0.1) is 0 Å². The first-order valence-electron chi connectivity index (χ1n) is 2.13. The van der Waals surface area contributed by atoms with Gasteiger partial charge >= 0.3 is 29.6 Å². The van der Waals surface area contributed by atoms with E-state index in [1.165, 1.54) is 0 Å². The molecule has 0 bridgehead atoms. The zero-order valence-corrected chi connectivity index (χ0v) is 7.62. The quantitative estimate of drug-likeness (QED) is 0.252. The molecular weight excluding hydrogens is 119 g/mol. The molecule has 0 saturated heterocycles. The molecule has 0 aromatic carbocycles. The predicted octanol–water partition coefficient (Wildman–Crippen LogP) is -2.19. The summed E-state index contributed by atoms with van der Waals surface area (Å²) in [6.07, 6.45) is 1.92. The second-order valence-corrected chi connectivity index (χ2v) is 1.60. The van der Waals surface area contributed by atoms with E-state index in [4.69, 9.17) is 5.11 Å². The minimum atomic E-state index is 0. The van der Waals surface area contributed by atoms with Gasteiger partial charge in [-0.25, -0.2) is 0 Å². The van der Waals surface area contributed by atoms with Gasteiger partial charge in [0, 0.05) is 6.61 Å². The van der Waals surface area contributed by atoms with Crippen LogP contribution in [0.3, 0.4) is 0 Å². The maximum atomic E-state index is 8.16. The van der Waals surface area contributed by atoms with Gasteiger partial charge in [-0.05, 0) is 18.6 Å². The summed E-state index contributed by atoms with van der Waals surface area (Å²) in [4.78, 5) is 0. The van der Waals surface area contributed by atoms with Crippen LogP contribution in [0.5, 0.6) is 0 Å². The van der Waals surface area contributed by atoms with Crippen LogP contribution in [0.4, 0.5) is 0 Å². The zero-order chi connectivity index (χ0) is 4.83. The molecule has 0 radical (unpaired) electrons. The minimum absolute atomic E-state index is 0. The Morgan fingerprint density at radius 3 is 2.14 bits per heavy atom. The number of unbranched alkanes of at least 4 members (excludes halogenated alkanes) is 1. The fourth-order valence-corrected chi connectivity index (χ4v) is 0.447. The number of rotatable bonds is 3. The van der Waals surface area contributed by atoms with Crippen molar-refractivity contribution in [3.63, 3.8) is 0 Å². The van der Waals surface area contributed by atoms with Gasteiger partial charge in [0.15, 0.2) is 0 Å². The van der Waals surface area contributed by atoms with Crippen molar-refractivity contribution >= 4 is 12.6 Å². The zero-order valence-electron chi connectivity index (χ0n) is 5.72. The Kier molecular flexibility index (Phi) is 16.4. The summed E-state index contributed by atoms with van der Waals surface area (Å²) in [5.74, 6) is 0.889. The molecule has 0 aliphatic carbocycles. The van der Waals surface area contributed by atoms with E-state index in [2.05, 4.69) is 12.6 Å². The number of hydrogen-bond donors (Lipinski definition) is 2. The largest absolute Gasteiger partial charge is 1.00 e. The van der Waals surface area contributed by atoms with Gasteiger partial charge in [-0.1, -0.05) is 0 Å². The maximum Gasteiger partial charge on any atom is 1.00 e. The summed E-state index contributed by atoms with van der Waals surface area (Å²) >= 11 is 3.94. The van der Waals surface area contributed by atoms with Crippen molar-refractivity contribution in [1.29, 1.82) is 0 Å². The molecule has 1 nitrogen and oxygen atoms in total. The monoisotopic (exact) mass is 130 g/mol. The van der Waals surface area contributed by atoms with Crippen molar-refractivity contribution in [3.8, 4) is 0 Å². The van der Waals surface area contributed by atoms with E-state index in [0.717, 1.165) is 18.6 Å². The van der Waals surface area contributed by atoms with Gasteiger partial charge in [-0.3, -0.25) is 0 Å². The molecule has 0 atom stereocenters. The third-order valence-electron chi connectivity index (χ3n) is 0.566. The number of hydrogen-bond acceptors (Lipinski definition) is 2. The molecule has 0 heterocycles. The van der Waals surface area contributed by atoms with Gasteiger partial charge in [0.1, 0.15) is 0 Å². The first-order chi connectivity index (χ1) is 2.91. The van der Waals surface area contributed by atoms with Crippen molar-refractivity contribution in [1.82, 2.24) is 0 Å². The molecule has 0 aliphatic rings. The Morgan fingerprint density at radius 1 is 1.43 bits per heavy atom. The van der Waals surface area contributed by atoms with Crippen LogP contribution < -0.4 is 29.6 Å². The standard InChI is InChI=1S/C4H10OS.Na.H/c5-3-1-2-4-6;;/h5-6H,1-4H2;;/q;+1;-1. The molecule has 0 spiro atoms. The molecule has 0 rings (SSSR count). The average molecular weight is 130 g/mol. The maximum absolute atomic E-state index is 8.16. The Balaban J connectivity index is -0.000000125. The van der Waals surface area contributed by atoms with E-state index < -0.39 is 0 Å². The summed E-state index contributed by atoms with van der Waals surface area (Å²) in [6, 6.07) is 0. The third-order valence-corrected chi connectivity index (χ3v) is 0.882. The molecule has 40 valence electrons. The molecule has 0 fully saturated rings. The molecule has 1 N–H and O–H groups in total. The second-order valence-electron chi connectivity index (χ2n) is 1.15. The Labute approximate surface area is 73.7 Å². The van der Waals surface area contributed by atoms with Crippen LogP contribution in [0, 0.1) is 0 Å². The van der Waals surface area contributed by atoms with Gasteiger partial charge in [0.05, 0.1) is 0 Å². The SMILES string of the molecule is OCCCCS.[H-].[Na+]. The van der Waals surface area contributed by atoms with Gasteiger partial charge in [-0.2, -0.15) is 12.6 Å². The fourth-order valence-electron chi connectivity index (χ4n) is 0.224. The molecule has 0 saturated carbocycles. The molecule has 0 amide bonds. The summed E-state index contributed by atoms with van der Waals surface area (Å²) in [5.41, 5.74) is 0. The number of aliphatic hydroxyl groups is 1. The first-order valence-corrected chi connectivity index (χ1v) is 2.76. The Bertz CT molecular complexity index is 28.0. The minimum Gasteiger partial charge on any atom is -1.00 e. The van der Waals surface area contributed by atoms with E-state index in [0.29, 0.717) is 6.61 Å². The van der Waals surface area contributed by atoms with Crippen LogP contribution in [0.1, 0.15) is 14.3 Å². The molecule has 0 aromatic heterocycles. The van der Waals surface area contributed by atoms with E-state index in [1.54, 1.807) is 0 Å². The summed E-state index contributed by atoms with van der Waals surface area (Å²) in [7, 11) is 0. The Morgan fingerprint density at radius 2 is 2.00 bits per heavy atom. The number of thiol groups is 1. The van der Waals surface area contributed by atoms with Crippen LogP contribution in [0.25, 0.3) is 0 Å². The average Bonchev–Trinajstić information content (AvgIpc) is 1.61. The van der Waals surface area contributed by atoms with E-state index in [1.807, 2.05) is 0 Å². The van der Waals surface area contributed by atoms with Crippen molar-refractivity contribution in [2.24, 2.45) is 0 Å². The van der Waals surface area contributed by atoms with E-state index in [9.17, 15) is 0 Å². The molecular formula is C4H11NaOS. The van der Waals surface area contributed by atoms with Crippen LogP contribution >= 0.6 is 12.6 Å². The van der Waals surface area contributed by atoms with Crippen molar-refractivity contribution < 1.29 is 36.1 Å². The Hall–Kier alpha value is 1.31. The van der Waals surface area contributed by atoms with Crippen molar-refractivity contribution in [3.05, 3.63) is 0 Å². The molecule has 0 aliphatic heterocycles. The number of aliphatic hydroxyl groups excluding tert-OH is 1. The molecule has 7 heavy (non-hydrogen) atoms. The normalized spacial score (nSPS) is 7.71.